The predicted molar refractivity (Wildman–Crippen MR) is 67.3 cm³/mol. The molecule has 6 atom stereocenters. The highest BCUT2D eigenvalue weighted by atomic mass is 16.3. The van der Waals surface area contributed by atoms with Gasteiger partial charge in [-0.1, -0.05) is 12.8 Å². The number of hydrogen-bond donors (Lipinski definition) is 2. The molecule has 0 aliphatic heterocycles. The van der Waals surface area contributed by atoms with E-state index < -0.39 is 0 Å². The van der Waals surface area contributed by atoms with Crippen LogP contribution >= 0.6 is 0 Å². The summed E-state index contributed by atoms with van der Waals surface area (Å²) < 4.78 is 0. The van der Waals surface area contributed by atoms with Crippen LogP contribution in [0.1, 0.15) is 51.4 Å². The minimum absolute atomic E-state index is 0.107. The molecule has 2 bridgehead atoms. The third-order valence-electron chi connectivity index (χ3n) is 6.87. The van der Waals surface area contributed by atoms with Crippen LogP contribution < -0.4 is 5.73 Å². The van der Waals surface area contributed by atoms with Crippen molar-refractivity contribution in [1.29, 1.82) is 0 Å². The lowest BCUT2D eigenvalue weighted by Crippen LogP contribution is -2.58. The minimum atomic E-state index is -0.384. The molecule has 4 saturated carbocycles. The quantitative estimate of drug-likeness (QED) is 0.771. The summed E-state index contributed by atoms with van der Waals surface area (Å²) in [6.45, 7) is 0.730. The van der Waals surface area contributed by atoms with Crippen molar-refractivity contribution >= 4 is 0 Å². The lowest BCUT2D eigenvalue weighted by Gasteiger charge is -2.52. The Bertz CT molecular complexity index is 344. The molecule has 0 aromatic heterocycles. The Morgan fingerprint density at radius 1 is 1.18 bits per heavy atom. The van der Waals surface area contributed by atoms with Crippen LogP contribution in [0.5, 0.6) is 0 Å². The molecule has 4 fully saturated rings. The fourth-order valence-corrected chi connectivity index (χ4v) is 5.99. The molecule has 96 valence electrons. The van der Waals surface area contributed by atoms with Crippen molar-refractivity contribution in [3.8, 4) is 0 Å². The minimum Gasteiger partial charge on any atom is -0.389 e. The summed E-state index contributed by atoms with van der Waals surface area (Å²) >= 11 is 0. The molecule has 4 rings (SSSR count). The fraction of sp³-hybridized carbons (Fsp3) is 1.00. The Morgan fingerprint density at radius 2 is 2.06 bits per heavy atom. The van der Waals surface area contributed by atoms with E-state index in [9.17, 15) is 5.11 Å². The van der Waals surface area contributed by atoms with Crippen LogP contribution in [0.2, 0.25) is 0 Å². The van der Waals surface area contributed by atoms with Gasteiger partial charge in [0.05, 0.1) is 5.60 Å². The summed E-state index contributed by atoms with van der Waals surface area (Å²) in [5, 5.41) is 11.4. The van der Waals surface area contributed by atoms with Crippen LogP contribution in [0, 0.1) is 29.1 Å². The SMILES string of the molecule is NCC1(C2(O)CCCC3CC32)CC2CCC1C2. The summed E-state index contributed by atoms with van der Waals surface area (Å²) in [5.74, 6) is 3.07. The van der Waals surface area contributed by atoms with E-state index in [1.165, 1.54) is 44.9 Å². The lowest BCUT2D eigenvalue weighted by atomic mass is 9.57. The standard InChI is InChI=1S/C15H25NO/c16-9-14(8-10-3-4-12(14)6-10)15(17)5-1-2-11-7-13(11)15/h10-13,17H,1-9,16H2. The maximum absolute atomic E-state index is 11.4. The maximum atomic E-state index is 11.4. The van der Waals surface area contributed by atoms with Gasteiger partial charge in [-0.3, -0.25) is 0 Å². The highest BCUT2D eigenvalue weighted by molar-refractivity contribution is 5.18. The molecule has 0 aromatic rings. The number of fused-ring (bicyclic) bond motifs is 3. The van der Waals surface area contributed by atoms with Gasteiger partial charge in [0.2, 0.25) is 0 Å². The van der Waals surface area contributed by atoms with Crippen molar-refractivity contribution < 1.29 is 5.11 Å². The van der Waals surface area contributed by atoms with E-state index in [1.807, 2.05) is 0 Å². The second-order valence-electron chi connectivity index (χ2n) is 7.36. The molecule has 0 spiro atoms. The summed E-state index contributed by atoms with van der Waals surface area (Å²) in [5.41, 5.74) is 5.91. The van der Waals surface area contributed by atoms with E-state index in [0.29, 0.717) is 5.92 Å². The average Bonchev–Trinajstić information content (AvgIpc) is 2.88. The van der Waals surface area contributed by atoms with Gasteiger partial charge >= 0.3 is 0 Å². The molecule has 0 radical (unpaired) electrons. The third kappa shape index (κ3) is 1.19. The zero-order valence-corrected chi connectivity index (χ0v) is 10.7. The van der Waals surface area contributed by atoms with E-state index in [2.05, 4.69) is 0 Å². The van der Waals surface area contributed by atoms with Crippen LogP contribution in [0.3, 0.4) is 0 Å². The molecule has 0 amide bonds. The number of aliphatic hydroxyl groups is 1. The maximum Gasteiger partial charge on any atom is 0.0749 e. The Balaban J connectivity index is 1.71. The first-order valence-electron chi connectivity index (χ1n) is 7.62. The Morgan fingerprint density at radius 3 is 2.71 bits per heavy atom. The van der Waals surface area contributed by atoms with E-state index in [-0.39, 0.29) is 11.0 Å². The molecule has 17 heavy (non-hydrogen) atoms. The molecule has 2 heteroatoms. The van der Waals surface area contributed by atoms with E-state index in [4.69, 9.17) is 5.73 Å². The number of rotatable bonds is 2. The van der Waals surface area contributed by atoms with Gasteiger partial charge in [0, 0.05) is 12.0 Å². The molecular weight excluding hydrogens is 210 g/mol. The van der Waals surface area contributed by atoms with Crippen molar-refractivity contribution in [2.45, 2.75) is 57.0 Å². The van der Waals surface area contributed by atoms with E-state index in [1.54, 1.807) is 0 Å². The van der Waals surface area contributed by atoms with Crippen molar-refractivity contribution in [3.05, 3.63) is 0 Å². The Hall–Kier alpha value is -0.0800. The molecule has 4 aliphatic carbocycles. The topological polar surface area (TPSA) is 46.2 Å². The predicted octanol–water partition coefficient (Wildman–Crippen LogP) is 2.30. The van der Waals surface area contributed by atoms with Gasteiger partial charge in [0.15, 0.2) is 0 Å². The molecule has 4 aliphatic rings. The molecule has 6 unspecified atom stereocenters. The summed E-state index contributed by atoms with van der Waals surface area (Å²) in [7, 11) is 0. The monoisotopic (exact) mass is 235 g/mol. The summed E-state index contributed by atoms with van der Waals surface area (Å²) in [6, 6.07) is 0. The van der Waals surface area contributed by atoms with Crippen LogP contribution in [-0.2, 0) is 0 Å². The van der Waals surface area contributed by atoms with Gasteiger partial charge in [-0.05, 0) is 62.2 Å². The molecule has 0 saturated heterocycles. The normalized spacial score (nSPS) is 60.4. The van der Waals surface area contributed by atoms with E-state index >= 15 is 0 Å². The Kier molecular flexibility index (Phi) is 2.08. The zero-order chi connectivity index (χ0) is 11.7. The molecular formula is C15H25NO. The second kappa shape index (κ2) is 3.27. The summed E-state index contributed by atoms with van der Waals surface area (Å²) in [6.07, 6.45) is 10.2. The van der Waals surface area contributed by atoms with Crippen LogP contribution in [-0.4, -0.2) is 17.3 Å². The third-order valence-corrected chi connectivity index (χ3v) is 6.87. The summed E-state index contributed by atoms with van der Waals surface area (Å²) in [4.78, 5) is 0. The van der Waals surface area contributed by atoms with Gasteiger partial charge in [0.1, 0.15) is 0 Å². The van der Waals surface area contributed by atoms with Crippen molar-refractivity contribution in [1.82, 2.24) is 0 Å². The zero-order valence-electron chi connectivity index (χ0n) is 10.7. The molecule has 0 heterocycles. The first-order valence-corrected chi connectivity index (χ1v) is 7.62. The largest absolute Gasteiger partial charge is 0.389 e. The van der Waals surface area contributed by atoms with Crippen LogP contribution in [0.15, 0.2) is 0 Å². The molecule has 3 N–H and O–H groups in total. The van der Waals surface area contributed by atoms with Crippen molar-refractivity contribution in [2.24, 2.45) is 34.8 Å². The molecule has 2 nitrogen and oxygen atoms in total. The number of hydrogen-bond acceptors (Lipinski definition) is 2. The van der Waals surface area contributed by atoms with Gasteiger partial charge in [-0.25, -0.2) is 0 Å². The second-order valence-corrected chi connectivity index (χ2v) is 7.36. The average molecular weight is 235 g/mol. The smallest absolute Gasteiger partial charge is 0.0749 e. The van der Waals surface area contributed by atoms with Gasteiger partial charge in [-0.2, -0.15) is 0 Å². The highest BCUT2D eigenvalue weighted by Gasteiger charge is 2.67. The van der Waals surface area contributed by atoms with Gasteiger partial charge < -0.3 is 10.8 Å². The first-order chi connectivity index (χ1) is 8.19. The lowest BCUT2D eigenvalue weighted by molar-refractivity contribution is -0.142. The van der Waals surface area contributed by atoms with Crippen LogP contribution in [0.4, 0.5) is 0 Å². The van der Waals surface area contributed by atoms with Gasteiger partial charge in [-0.15, -0.1) is 0 Å². The highest BCUT2D eigenvalue weighted by Crippen LogP contribution is 2.68. The first kappa shape index (κ1) is 10.8. The van der Waals surface area contributed by atoms with Crippen molar-refractivity contribution in [2.75, 3.05) is 6.54 Å². The fourth-order valence-electron chi connectivity index (χ4n) is 5.99. The Labute approximate surface area is 104 Å². The van der Waals surface area contributed by atoms with Crippen molar-refractivity contribution in [3.63, 3.8) is 0 Å². The molecule has 0 aromatic carbocycles. The number of nitrogens with two attached hydrogens (primary N) is 1. The van der Waals surface area contributed by atoms with E-state index in [0.717, 1.165) is 30.7 Å². The van der Waals surface area contributed by atoms with Gasteiger partial charge in [0.25, 0.3) is 0 Å². The van der Waals surface area contributed by atoms with Crippen LogP contribution in [0.25, 0.3) is 0 Å².